The van der Waals surface area contributed by atoms with Crippen molar-refractivity contribution in [3.63, 3.8) is 0 Å². The zero-order valence-electron chi connectivity index (χ0n) is 16.1. The van der Waals surface area contributed by atoms with Gasteiger partial charge in [-0.25, -0.2) is 0 Å². The van der Waals surface area contributed by atoms with E-state index in [4.69, 9.17) is 0 Å². The molecule has 1 aliphatic rings. The second kappa shape index (κ2) is 6.78. The third-order valence-corrected chi connectivity index (χ3v) is 9.98. The predicted octanol–water partition coefficient (Wildman–Crippen LogP) is 4.34. The van der Waals surface area contributed by atoms with Crippen LogP contribution in [0.15, 0.2) is 83.1 Å². The lowest BCUT2D eigenvalue weighted by molar-refractivity contribution is 0.517. The number of benzene rings is 2. The van der Waals surface area contributed by atoms with Gasteiger partial charge in [-0.15, -0.1) is 0 Å². The first-order chi connectivity index (χ1) is 11.8. The first-order valence-corrected chi connectivity index (χ1v) is 11.1. The average Bonchev–Trinajstić information content (AvgIpc) is 2.93. The molecule has 0 saturated carbocycles. The van der Waals surface area contributed by atoms with Gasteiger partial charge in [0.2, 0.25) is 8.24 Å². The predicted molar refractivity (Wildman–Crippen MR) is 112 cm³/mol. The summed E-state index contributed by atoms with van der Waals surface area (Å²) in [6.45, 7) is 11.4. The summed E-state index contributed by atoms with van der Waals surface area (Å²) >= 11 is 0. The van der Waals surface area contributed by atoms with Gasteiger partial charge in [-0.05, 0) is 56.6 Å². The average molecular weight is 348 g/mol. The number of hydrogen-bond acceptors (Lipinski definition) is 1. The molecule has 0 fully saturated rings. The molecule has 0 aromatic heterocycles. The summed E-state index contributed by atoms with van der Waals surface area (Å²) < 4.78 is 0. The second-order valence-corrected chi connectivity index (χ2v) is 11.5. The summed E-state index contributed by atoms with van der Waals surface area (Å²) in [6.07, 6.45) is 3.46. The van der Waals surface area contributed by atoms with Crippen LogP contribution in [0, 0.1) is 0 Å². The van der Waals surface area contributed by atoms with E-state index >= 15 is 0 Å². The maximum absolute atomic E-state index is 4.15. The van der Waals surface area contributed by atoms with Crippen LogP contribution in [0.25, 0.3) is 0 Å². The van der Waals surface area contributed by atoms with Crippen molar-refractivity contribution in [3.8, 4) is 0 Å². The van der Waals surface area contributed by atoms with Crippen LogP contribution in [0.5, 0.6) is 0 Å². The Morgan fingerprint density at radius 3 is 1.64 bits per heavy atom. The normalized spacial score (nSPS) is 15.5. The lowest BCUT2D eigenvalue weighted by Crippen LogP contribution is -2.74. The van der Waals surface area contributed by atoms with E-state index in [0.29, 0.717) is 0 Å². The van der Waals surface area contributed by atoms with Gasteiger partial charge in [-0.2, -0.15) is 0 Å². The summed E-state index contributed by atoms with van der Waals surface area (Å²) in [7, 11) is -2.31. The van der Waals surface area contributed by atoms with Gasteiger partial charge in [0.15, 0.2) is 0 Å². The van der Waals surface area contributed by atoms with E-state index in [1.54, 1.807) is 5.20 Å². The molecule has 1 aliphatic carbocycles. The van der Waals surface area contributed by atoms with Crippen LogP contribution in [-0.4, -0.2) is 13.8 Å². The number of allylic oxidation sites excluding steroid dienone is 4. The van der Waals surface area contributed by atoms with Crippen LogP contribution in [0.4, 0.5) is 0 Å². The molecule has 25 heavy (non-hydrogen) atoms. The highest BCUT2D eigenvalue weighted by molar-refractivity contribution is 7.06. The van der Waals surface area contributed by atoms with Crippen molar-refractivity contribution in [2.45, 2.75) is 46.6 Å². The fourth-order valence-electron chi connectivity index (χ4n) is 4.06. The van der Waals surface area contributed by atoms with Gasteiger partial charge < -0.3 is 4.98 Å². The Morgan fingerprint density at radius 2 is 1.28 bits per heavy atom. The van der Waals surface area contributed by atoms with E-state index in [2.05, 4.69) is 106 Å². The summed E-state index contributed by atoms with van der Waals surface area (Å²) in [6, 6.07) is 22.2. The molecule has 2 aromatic rings. The summed E-state index contributed by atoms with van der Waals surface area (Å²) in [5.74, 6) is 0. The molecular formula is C23H29NSi. The Labute approximate surface area is 153 Å². The quantitative estimate of drug-likeness (QED) is 0.811. The lowest BCUT2D eigenvalue weighted by Gasteiger charge is -2.42. The number of rotatable bonds is 4. The topological polar surface area (TPSA) is 12.0 Å². The van der Waals surface area contributed by atoms with Crippen LogP contribution < -0.4 is 15.4 Å². The molecular weight excluding hydrogens is 318 g/mol. The number of nitrogens with one attached hydrogen (secondary N) is 1. The van der Waals surface area contributed by atoms with Gasteiger partial charge in [0.05, 0.1) is 0 Å². The zero-order chi connectivity index (χ0) is 18.1. The molecule has 0 aliphatic heterocycles. The molecule has 0 spiro atoms. The molecule has 0 radical (unpaired) electrons. The van der Waals surface area contributed by atoms with Crippen LogP contribution >= 0.6 is 0 Å². The molecule has 0 atom stereocenters. The van der Waals surface area contributed by atoms with E-state index < -0.39 is 8.24 Å². The molecule has 0 unspecified atom stereocenters. The zero-order valence-corrected chi connectivity index (χ0v) is 17.1. The highest BCUT2D eigenvalue weighted by Gasteiger charge is 2.46. The van der Waals surface area contributed by atoms with E-state index in [1.807, 2.05) is 0 Å². The van der Waals surface area contributed by atoms with Crippen LogP contribution in [0.1, 0.15) is 41.0 Å². The Morgan fingerprint density at radius 1 is 0.800 bits per heavy atom. The van der Waals surface area contributed by atoms with Gasteiger partial charge in [-0.3, -0.25) is 0 Å². The van der Waals surface area contributed by atoms with Crippen LogP contribution in [-0.2, 0) is 0 Å². The molecule has 0 heterocycles. The molecule has 1 nitrogen and oxygen atoms in total. The highest BCUT2D eigenvalue weighted by Crippen LogP contribution is 2.33. The Balaban J connectivity index is 2.37. The monoisotopic (exact) mass is 347 g/mol. The van der Waals surface area contributed by atoms with Crippen molar-refractivity contribution in [2.24, 2.45) is 0 Å². The van der Waals surface area contributed by atoms with Crippen LogP contribution in [0.2, 0.25) is 0 Å². The van der Waals surface area contributed by atoms with E-state index in [9.17, 15) is 0 Å². The standard InChI is InChI=1S/C23H29NSi/c1-18-16-17-19(2)22(18)25(24-23(3,4)5,20-12-8-6-9-13-20)21-14-10-7-11-15-21/h6-16,24H,17H2,1-5H3. The Hall–Kier alpha value is -1.90. The molecule has 1 N–H and O–H groups in total. The Kier molecular flexibility index (Phi) is 4.85. The second-order valence-electron chi connectivity index (χ2n) is 8.10. The highest BCUT2D eigenvalue weighted by atomic mass is 28.3. The van der Waals surface area contributed by atoms with E-state index in [-0.39, 0.29) is 5.54 Å². The minimum Gasteiger partial charge on any atom is -0.322 e. The molecule has 3 rings (SSSR count). The fraction of sp³-hybridized carbons (Fsp3) is 0.304. The van der Waals surface area contributed by atoms with Crippen molar-refractivity contribution >= 4 is 18.6 Å². The van der Waals surface area contributed by atoms with Crippen molar-refractivity contribution in [1.29, 1.82) is 0 Å². The van der Waals surface area contributed by atoms with E-state index in [0.717, 1.165) is 6.42 Å². The van der Waals surface area contributed by atoms with Crippen molar-refractivity contribution in [3.05, 3.63) is 83.1 Å². The third kappa shape index (κ3) is 3.42. The molecule has 0 saturated heterocycles. The minimum absolute atomic E-state index is 0.0219. The van der Waals surface area contributed by atoms with Gasteiger partial charge in [0.1, 0.15) is 0 Å². The summed E-state index contributed by atoms with van der Waals surface area (Å²) in [5, 5.41) is 4.42. The smallest absolute Gasteiger partial charge is 0.222 e. The van der Waals surface area contributed by atoms with Gasteiger partial charge in [-0.1, -0.05) is 77.9 Å². The maximum atomic E-state index is 4.15. The summed E-state index contributed by atoms with van der Waals surface area (Å²) in [4.78, 5) is 4.15. The number of hydrogen-bond donors (Lipinski definition) is 1. The molecule has 130 valence electrons. The van der Waals surface area contributed by atoms with Crippen molar-refractivity contribution in [1.82, 2.24) is 4.98 Å². The fourth-order valence-corrected chi connectivity index (χ4v) is 9.33. The lowest BCUT2D eigenvalue weighted by atomic mass is 10.1. The Bertz CT molecular complexity index is 755. The molecule has 2 aromatic carbocycles. The van der Waals surface area contributed by atoms with Gasteiger partial charge >= 0.3 is 0 Å². The first kappa shape index (κ1) is 17.9. The van der Waals surface area contributed by atoms with Gasteiger partial charge in [0, 0.05) is 5.54 Å². The molecule has 0 amide bonds. The first-order valence-electron chi connectivity index (χ1n) is 9.12. The van der Waals surface area contributed by atoms with Gasteiger partial charge in [0.25, 0.3) is 0 Å². The molecule has 0 bridgehead atoms. The minimum atomic E-state index is -2.31. The summed E-state index contributed by atoms with van der Waals surface area (Å²) in [5.41, 5.74) is 2.97. The largest absolute Gasteiger partial charge is 0.322 e. The van der Waals surface area contributed by atoms with Crippen molar-refractivity contribution < 1.29 is 0 Å². The molecule has 2 heteroatoms. The SMILES string of the molecule is CC1=CCC(C)=C1[Si](NC(C)(C)C)(c1ccccc1)c1ccccc1. The van der Waals surface area contributed by atoms with Crippen LogP contribution in [0.3, 0.4) is 0 Å². The third-order valence-electron chi connectivity index (χ3n) is 4.89. The van der Waals surface area contributed by atoms with E-state index in [1.165, 1.54) is 21.5 Å². The van der Waals surface area contributed by atoms with Crippen molar-refractivity contribution in [2.75, 3.05) is 0 Å². The maximum Gasteiger partial charge on any atom is 0.222 e.